The van der Waals surface area contributed by atoms with Gasteiger partial charge in [0.2, 0.25) is 0 Å². The van der Waals surface area contributed by atoms with Crippen LogP contribution in [-0.2, 0) is 0 Å². The van der Waals surface area contributed by atoms with Crippen molar-refractivity contribution in [2.75, 3.05) is 13.1 Å². The van der Waals surface area contributed by atoms with E-state index >= 15 is 0 Å². The lowest BCUT2D eigenvalue weighted by atomic mass is 10.2. The van der Waals surface area contributed by atoms with Gasteiger partial charge in [0, 0.05) is 18.8 Å². The van der Waals surface area contributed by atoms with Crippen molar-refractivity contribution in [3.8, 4) is 0 Å². The molecule has 0 bridgehead atoms. The maximum absolute atomic E-state index is 4.41. The molecule has 2 heteroatoms. The van der Waals surface area contributed by atoms with Crippen LogP contribution < -0.4 is 0 Å². The van der Waals surface area contributed by atoms with Crippen LogP contribution in [0.25, 0.3) is 0 Å². The number of hydrogen-bond acceptors (Lipinski definition) is 2. The maximum Gasteiger partial charge on any atom is 0.0856 e. The predicted octanol–water partition coefficient (Wildman–Crippen LogP) is 3.15. The maximum atomic E-state index is 4.41. The molecule has 15 heavy (non-hydrogen) atoms. The van der Waals surface area contributed by atoms with E-state index in [1.807, 2.05) is 26.0 Å². The lowest BCUT2D eigenvalue weighted by Crippen LogP contribution is -2.22. The van der Waals surface area contributed by atoms with Crippen LogP contribution in [0.1, 0.15) is 26.7 Å². The Hall–Kier alpha value is -1.31. The zero-order valence-electron chi connectivity index (χ0n) is 9.79. The number of nitrogens with zero attached hydrogens (tertiary/aromatic N) is 2. The Morgan fingerprint density at radius 2 is 1.87 bits per heavy atom. The van der Waals surface area contributed by atoms with Crippen LogP contribution >= 0.6 is 0 Å². The smallest absolute Gasteiger partial charge is 0.0856 e. The Bertz CT molecular complexity index is 304. The third-order valence-corrected chi connectivity index (χ3v) is 2.42. The standard InChI is InChI=1S/C13H20N2/c1-5-8-13(14-11(2)3)12(4)15-9-6-7-10-15/h5,8H,2,4,6-7,9-10H2,1,3H3/b8-5-,14-13?. The average molecular weight is 204 g/mol. The van der Waals surface area contributed by atoms with Crippen molar-refractivity contribution in [3.05, 3.63) is 36.7 Å². The Kier molecular flexibility index (Phi) is 4.35. The molecule has 1 heterocycles. The number of rotatable bonds is 4. The molecule has 0 spiro atoms. The van der Waals surface area contributed by atoms with Crippen molar-refractivity contribution in [2.24, 2.45) is 4.99 Å². The summed E-state index contributed by atoms with van der Waals surface area (Å²) >= 11 is 0. The molecule has 0 aromatic heterocycles. The van der Waals surface area contributed by atoms with Gasteiger partial charge >= 0.3 is 0 Å². The van der Waals surface area contributed by atoms with Gasteiger partial charge in [-0.2, -0.15) is 0 Å². The Morgan fingerprint density at radius 1 is 1.27 bits per heavy atom. The highest BCUT2D eigenvalue weighted by Crippen LogP contribution is 2.15. The summed E-state index contributed by atoms with van der Waals surface area (Å²) < 4.78 is 0. The molecule has 1 aliphatic rings. The van der Waals surface area contributed by atoms with Crippen molar-refractivity contribution < 1.29 is 0 Å². The first-order valence-corrected chi connectivity index (χ1v) is 5.46. The molecule has 1 aliphatic heterocycles. The number of aliphatic imine (C=N–C) groups is 1. The van der Waals surface area contributed by atoms with Crippen LogP contribution in [-0.4, -0.2) is 23.7 Å². The zero-order chi connectivity index (χ0) is 11.3. The molecule has 0 radical (unpaired) electrons. The molecule has 0 unspecified atom stereocenters. The summed E-state index contributed by atoms with van der Waals surface area (Å²) in [6, 6.07) is 0. The fraction of sp³-hybridized carbons (Fsp3) is 0.462. The minimum Gasteiger partial charge on any atom is -0.370 e. The average Bonchev–Trinajstić information content (AvgIpc) is 2.68. The third kappa shape index (κ3) is 3.39. The second kappa shape index (κ2) is 5.54. The quantitative estimate of drug-likeness (QED) is 0.642. The van der Waals surface area contributed by atoms with Gasteiger partial charge in [-0.1, -0.05) is 19.2 Å². The van der Waals surface area contributed by atoms with Gasteiger partial charge in [0.05, 0.1) is 11.4 Å². The topological polar surface area (TPSA) is 15.6 Å². The van der Waals surface area contributed by atoms with Crippen molar-refractivity contribution >= 4 is 5.71 Å². The third-order valence-electron chi connectivity index (χ3n) is 2.42. The normalized spacial score (nSPS) is 17.5. The predicted molar refractivity (Wildman–Crippen MR) is 67.0 cm³/mol. The molecule has 82 valence electrons. The first-order chi connectivity index (χ1) is 7.15. The molecule has 1 fully saturated rings. The highest BCUT2D eigenvalue weighted by atomic mass is 15.2. The van der Waals surface area contributed by atoms with E-state index in [-0.39, 0.29) is 0 Å². The number of likely N-dealkylation sites (tertiary alicyclic amines) is 1. The van der Waals surface area contributed by atoms with Gasteiger partial charge < -0.3 is 4.90 Å². The number of allylic oxidation sites excluding steroid dienone is 3. The van der Waals surface area contributed by atoms with Crippen molar-refractivity contribution in [1.29, 1.82) is 0 Å². The Labute approximate surface area is 92.7 Å². The second-order valence-corrected chi connectivity index (χ2v) is 3.87. The molecule has 0 saturated carbocycles. The van der Waals surface area contributed by atoms with E-state index in [1.165, 1.54) is 12.8 Å². The minimum atomic E-state index is 0.823. The van der Waals surface area contributed by atoms with Gasteiger partial charge in [0.15, 0.2) is 0 Å². The van der Waals surface area contributed by atoms with Crippen molar-refractivity contribution in [1.82, 2.24) is 4.90 Å². The highest BCUT2D eigenvalue weighted by Gasteiger charge is 2.15. The van der Waals surface area contributed by atoms with E-state index in [1.54, 1.807) is 0 Å². The first kappa shape index (κ1) is 11.8. The largest absolute Gasteiger partial charge is 0.370 e. The Morgan fingerprint density at radius 3 is 2.33 bits per heavy atom. The van der Waals surface area contributed by atoms with Gasteiger partial charge in [-0.05, 0) is 32.8 Å². The summed E-state index contributed by atoms with van der Waals surface area (Å²) in [7, 11) is 0. The van der Waals surface area contributed by atoms with Crippen LogP contribution in [0.15, 0.2) is 41.7 Å². The van der Waals surface area contributed by atoms with Crippen molar-refractivity contribution in [2.45, 2.75) is 26.7 Å². The summed E-state index contributed by atoms with van der Waals surface area (Å²) in [6.07, 6.45) is 6.50. The molecule has 0 aromatic carbocycles. The second-order valence-electron chi connectivity index (χ2n) is 3.87. The van der Waals surface area contributed by atoms with Gasteiger partial charge in [-0.3, -0.25) is 4.99 Å². The van der Waals surface area contributed by atoms with E-state index in [2.05, 4.69) is 23.1 Å². The molecule has 0 aromatic rings. The zero-order valence-corrected chi connectivity index (χ0v) is 9.79. The molecule has 2 nitrogen and oxygen atoms in total. The molecule has 1 saturated heterocycles. The Balaban J connectivity index is 2.79. The number of hydrogen-bond donors (Lipinski definition) is 0. The summed E-state index contributed by atoms with van der Waals surface area (Å²) in [5, 5.41) is 0. The molecule has 0 aliphatic carbocycles. The van der Waals surface area contributed by atoms with Gasteiger partial charge in [0.25, 0.3) is 0 Å². The van der Waals surface area contributed by atoms with Gasteiger partial charge in [-0.15, -0.1) is 0 Å². The molecule has 0 amide bonds. The van der Waals surface area contributed by atoms with Gasteiger partial charge in [-0.25, -0.2) is 0 Å². The van der Waals surface area contributed by atoms with Gasteiger partial charge in [0.1, 0.15) is 0 Å². The monoisotopic (exact) mass is 204 g/mol. The van der Waals surface area contributed by atoms with Crippen LogP contribution in [0.5, 0.6) is 0 Å². The first-order valence-electron chi connectivity index (χ1n) is 5.46. The minimum absolute atomic E-state index is 0.823. The summed E-state index contributed by atoms with van der Waals surface area (Å²) in [6.45, 7) is 14.0. The van der Waals surface area contributed by atoms with E-state index in [4.69, 9.17) is 0 Å². The van der Waals surface area contributed by atoms with E-state index in [9.17, 15) is 0 Å². The van der Waals surface area contributed by atoms with E-state index < -0.39 is 0 Å². The molecular formula is C13H20N2. The molecular weight excluding hydrogens is 184 g/mol. The summed E-state index contributed by atoms with van der Waals surface area (Å²) in [5.74, 6) is 0. The summed E-state index contributed by atoms with van der Waals surface area (Å²) in [4.78, 5) is 6.70. The van der Waals surface area contributed by atoms with Crippen molar-refractivity contribution in [3.63, 3.8) is 0 Å². The SMILES string of the molecule is C=C(C)N=C(/C=C\C)C(=C)N1CCCC1. The van der Waals surface area contributed by atoms with Crippen LogP contribution in [0.2, 0.25) is 0 Å². The summed E-state index contributed by atoms with van der Waals surface area (Å²) in [5.41, 5.74) is 2.78. The highest BCUT2D eigenvalue weighted by molar-refractivity contribution is 6.08. The van der Waals surface area contributed by atoms with Crippen LogP contribution in [0, 0.1) is 0 Å². The van der Waals surface area contributed by atoms with Crippen LogP contribution in [0.4, 0.5) is 0 Å². The lowest BCUT2D eigenvalue weighted by Gasteiger charge is -2.20. The fourth-order valence-electron chi connectivity index (χ4n) is 1.71. The lowest BCUT2D eigenvalue weighted by molar-refractivity contribution is 0.450. The van der Waals surface area contributed by atoms with E-state index in [0.29, 0.717) is 0 Å². The molecule has 1 rings (SSSR count). The van der Waals surface area contributed by atoms with Crippen LogP contribution in [0.3, 0.4) is 0 Å². The molecule has 0 atom stereocenters. The van der Waals surface area contributed by atoms with E-state index in [0.717, 1.165) is 30.2 Å². The fourth-order valence-corrected chi connectivity index (χ4v) is 1.71. The molecule has 0 N–H and O–H groups in total.